The van der Waals surface area contributed by atoms with Crippen LogP contribution in [0.2, 0.25) is 0 Å². The molecule has 9 heteroatoms. The van der Waals surface area contributed by atoms with Crippen LogP contribution in [0.25, 0.3) is 11.3 Å². The van der Waals surface area contributed by atoms with Crippen molar-refractivity contribution in [2.24, 2.45) is 0 Å². The molecule has 0 unspecified atom stereocenters. The second-order valence-electron chi connectivity index (χ2n) is 7.26. The standard InChI is InChI=1S/C22H25N3O5S/c1-16-14-21(30-23-16)17-8-9-20(29-3)22(15-17)31(26,27)25-12-10-24(11-13-25)18-6-4-5-7-19(18)28-2/h4-9,14-15H,10-13H2,1-3H3. The van der Waals surface area contributed by atoms with E-state index in [1.807, 2.05) is 31.2 Å². The van der Waals surface area contributed by atoms with Crippen LogP contribution in [0.15, 0.2) is 57.9 Å². The highest BCUT2D eigenvalue weighted by Crippen LogP contribution is 2.34. The first kappa shape index (κ1) is 21.2. The molecule has 0 bridgehead atoms. The molecule has 8 nitrogen and oxygen atoms in total. The third-order valence-electron chi connectivity index (χ3n) is 5.36. The molecule has 0 atom stereocenters. The number of hydrogen-bond donors (Lipinski definition) is 0. The monoisotopic (exact) mass is 443 g/mol. The summed E-state index contributed by atoms with van der Waals surface area (Å²) in [7, 11) is -0.663. The van der Waals surface area contributed by atoms with Crippen LogP contribution in [-0.4, -0.2) is 58.3 Å². The lowest BCUT2D eigenvalue weighted by Gasteiger charge is -2.36. The average Bonchev–Trinajstić information content (AvgIpc) is 3.25. The van der Waals surface area contributed by atoms with Crippen molar-refractivity contribution in [2.75, 3.05) is 45.3 Å². The zero-order valence-corrected chi connectivity index (χ0v) is 18.6. The van der Waals surface area contributed by atoms with Crippen LogP contribution in [0.3, 0.4) is 0 Å². The first-order valence-electron chi connectivity index (χ1n) is 9.94. The molecule has 1 aliphatic heterocycles. The molecule has 0 amide bonds. The van der Waals surface area contributed by atoms with E-state index in [4.69, 9.17) is 14.0 Å². The minimum Gasteiger partial charge on any atom is -0.495 e. The number of anilines is 1. The minimum absolute atomic E-state index is 0.118. The number of methoxy groups -OCH3 is 2. The summed E-state index contributed by atoms with van der Waals surface area (Å²) < 4.78 is 44.6. The van der Waals surface area contributed by atoms with Gasteiger partial charge in [-0.1, -0.05) is 17.3 Å². The molecular weight excluding hydrogens is 418 g/mol. The van der Waals surface area contributed by atoms with Crippen molar-refractivity contribution in [3.63, 3.8) is 0 Å². The lowest BCUT2D eigenvalue weighted by atomic mass is 10.1. The first-order chi connectivity index (χ1) is 14.9. The van der Waals surface area contributed by atoms with E-state index in [2.05, 4.69) is 10.1 Å². The van der Waals surface area contributed by atoms with Crippen LogP contribution in [0.4, 0.5) is 5.69 Å². The Hall–Kier alpha value is -3.04. The number of rotatable bonds is 6. The van der Waals surface area contributed by atoms with Crippen LogP contribution >= 0.6 is 0 Å². The van der Waals surface area contributed by atoms with E-state index >= 15 is 0 Å². The predicted molar refractivity (Wildman–Crippen MR) is 117 cm³/mol. The molecule has 3 aromatic rings. The number of nitrogens with zero attached hydrogens (tertiary/aromatic N) is 3. The Morgan fingerprint density at radius 1 is 0.935 bits per heavy atom. The zero-order valence-electron chi connectivity index (χ0n) is 17.7. The topological polar surface area (TPSA) is 85.1 Å². The van der Waals surface area contributed by atoms with Gasteiger partial charge >= 0.3 is 0 Å². The van der Waals surface area contributed by atoms with Crippen LogP contribution in [0.5, 0.6) is 11.5 Å². The highest BCUT2D eigenvalue weighted by atomic mass is 32.2. The molecule has 1 fully saturated rings. The lowest BCUT2D eigenvalue weighted by molar-refractivity contribution is 0.370. The number of hydrogen-bond acceptors (Lipinski definition) is 7. The van der Waals surface area contributed by atoms with Crippen LogP contribution in [0.1, 0.15) is 5.69 Å². The molecule has 2 aromatic carbocycles. The van der Waals surface area contributed by atoms with E-state index in [1.165, 1.54) is 11.4 Å². The fraction of sp³-hybridized carbons (Fsp3) is 0.318. The maximum atomic E-state index is 13.5. The van der Waals surface area contributed by atoms with Gasteiger partial charge in [-0.05, 0) is 37.3 Å². The summed E-state index contributed by atoms with van der Waals surface area (Å²) in [6, 6.07) is 14.5. The molecular formula is C22H25N3O5S. The van der Waals surface area contributed by atoms with Gasteiger partial charge in [-0.3, -0.25) is 0 Å². The Morgan fingerprint density at radius 2 is 1.65 bits per heavy atom. The average molecular weight is 444 g/mol. The fourth-order valence-corrected chi connectivity index (χ4v) is 5.33. The van der Waals surface area contributed by atoms with Crippen molar-refractivity contribution in [1.29, 1.82) is 0 Å². The van der Waals surface area contributed by atoms with E-state index in [1.54, 1.807) is 31.4 Å². The molecule has 1 aromatic heterocycles. The van der Waals surface area contributed by atoms with Crippen molar-refractivity contribution in [1.82, 2.24) is 9.46 Å². The molecule has 4 rings (SSSR count). The van der Waals surface area contributed by atoms with Crippen LogP contribution in [-0.2, 0) is 10.0 Å². The summed E-state index contributed by atoms with van der Waals surface area (Å²) in [5, 5.41) is 3.89. The molecule has 0 radical (unpaired) electrons. The van der Waals surface area contributed by atoms with E-state index < -0.39 is 10.0 Å². The number of aromatic nitrogens is 1. The largest absolute Gasteiger partial charge is 0.495 e. The predicted octanol–water partition coefficient (Wildman–Crippen LogP) is 3.18. The fourth-order valence-electron chi connectivity index (χ4n) is 3.73. The molecule has 0 N–H and O–H groups in total. The van der Waals surface area contributed by atoms with Gasteiger partial charge < -0.3 is 18.9 Å². The molecule has 164 valence electrons. The molecule has 31 heavy (non-hydrogen) atoms. The summed E-state index contributed by atoms with van der Waals surface area (Å²) in [6.45, 7) is 3.64. The highest BCUT2D eigenvalue weighted by Gasteiger charge is 2.32. The molecule has 0 spiro atoms. The van der Waals surface area contributed by atoms with Crippen LogP contribution in [0, 0.1) is 6.92 Å². The smallest absolute Gasteiger partial charge is 0.246 e. The number of piperazine rings is 1. The quantitative estimate of drug-likeness (QED) is 0.578. The van der Waals surface area contributed by atoms with E-state index in [9.17, 15) is 8.42 Å². The minimum atomic E-state index is -3.76. The number of ether oxygens (including phenoxy) is 2. The Bertz CT molecular complexity index is 1170. The molecule has 0 aliphatic carbocycles. The van der Waals surface area contributed by atoms with Gasteiger partial charge in [-0.15, -0.1) is 0 Å². The Labute approximate surface area is 182 Å². The van der Waals surface area contributed by atoms with Gasteiger partial charge in [0.2, 0.25) is 10.0 Å². The van der Waals surface area contributed by atoms with Crippen molar-refractivity contribution in [3.05, 3.63) is 54.2 Å². The highest BCUT2D eigenvalue weighted by molar-refractivity contribution is 7.89. The number of aryl methyl sites for hydroxylation is 1. The van der Waals surface area contributed by atoms with E-state index in [0.29, 0.717) is 43.3 Å². The second kappa shape index (κ2) is 8.60. The Morgan fingerprint density at radius 3 is 2.29 bits per heavy atom. The summed E-state index contributed by atoms with van der Waals surface area (Å²) >= 11 is 0. The first-order valence-corrected chi connectivity index (χ1v) is 11.4. The van der Waals surface area contributed by atoms with Gasteiger partial charge in [0, 0.05) is 37.8 Å². The number of sulfonamides is 1. The summed E-state index contributed by atoms with van der Waals surface area (Å²) in [6.07, 6.45) is 0. The van der Waals surface area contributed by atoms with Gasteiger partial charge in [0.05, 0.1) is 25.6 Å². The molecule has 1 saturated heterocycles. The van der Waals surface area contributed by atoms with Gasteiger partial charge in [-0.2, -0.15) is 4.31 Å². The Kier molecular flexibility index (Phi) is 5.88. The summed E-state index contributed by atoms with van der Waals surface area (Å²) in [5.74, 6) is 1.58. The van der Waals surface area contributed by atoms with Crippen molar-refractivity contribution in [3.8, 4) is 22.8 Å². The van der Waals surface area contributed by atoms with Gasteiger partial charge in [0.25, 0.3) is 0 Å². The van der Waals surface area contributed by atoms with Crippen LogP contribution < -0.4 is 14.4 Å². The van der Waals surface area contributed by atoms with Gasteiger partial charge in [0.15, 0.2) is 5.76 Å². The third kappa shape index (κ3) is 4.11. The maximum Gasteiger partial charge on any atom is 0.246 e. The van der Waals surface area contributed by atoms with E-state index in [0.717, 1.165) is 17.1 Å². The zero-order chi connectivity index (χ0) is 22.0. The van der Waals surface area contributed by atoms with Crippen molar-refractivity contribution < 1.29 is 22.4 Å². The maximum absolute atomic E-state index is 13.5. The lowest BCUT2D eigenvalue weighted by Crippen LogP contribution is -2.48. The molecule has 0 saturated carbocycles. The Balaban J connectivity index is 1.59. The van der Waals surface area contributed by atoms with Gasteiger partial charge in [0.1, 0.15) is 16.4 Å². The molecule has 2 heterocycles. The second-order valence-corrected chi connectivity index (χ2v) is 9.17. The van der Waals surface area contributed by atoms with Gasteiger partial charge in [-0.25, -0.2) is 8.42 Å². The SMILES string of the molecule is COc1ccccc1N1CCN(S(=O)(=O)c2cc(-c3cc(C)no3)ccc2OC)CC1. The van der Waals surface area contributed by atoms with Crippen molar-refractivity contribution in [2.45, 2.75) is 11.8 Å². The molecule has 1 aliphatic rings. The van der Waals surface area contributed by atoms with E-state index in [-0.39, 0.29) is 4.90 Å². The van der Waals surface area contributed by atoms with Crippen molar-refractivity contribution >= 4 is 15.7 Å². The third-order valence-corrected chi connectivity index (χ3v) is 7.28. The normalized spacial score (nSPS) is 15.1. The summed E-state index contributed by atoms with van der Waals surface area (Å²) in [5.41, 5.74) is 2.32. The summed E-state index contributed by atoms with van der Waals surface area (Å²) in [4.78, 5) is 2.25. The number of benzene rings is 2. The number of para-hydroxylation sites is 2.